The minimum absolute atomic E-state index is 0.00725. The molecular formula is C30H35NO2. The van der Waals surface area contributed by atoms with Gasteiger partial charge in [0.15, 0.2) is 0 Å². The zero-order chi connectivity index (χ0) is 22.5. The summed E-state index contributed by atoms with van der Waals surface area (Å²) in [6.07, 6.45) is 8.73. The van der Waals surface area contributed by atoms with Crippen molar-refractivity contribution < 1.29 is 9.47 Å². The Morgan fingerprint density at radius 3 is 2.36 bits per heavy atom. The van der Waals surface area contributed by atoms with Crippen molar-refractivity contribution >= 4 is 0 Å². The summed E-state index contributed by atoms with van der Waals surface area (Å²) in [6, 6.07) is 25.8. The van der Waals surface area contributed by atoms with Gasteiger partial charge in [0.1, 0.15) is 18.1 Å². The Balaban J connectivity index is 1.40. The molecule has 5 rings (SSSR count). The first-order chi connectivity index (χ1) is 16.3. The second-order valence-corrected chi connectivity index (χ2v) is 9.60. The first-order valence-electron chi connectivity index (χ1n) is 12.4. The second-order valence-electron chi connectivity index (χ2n) is 9.60. The number of hydrogen-bond acceptors (Lipinski definition) is 3. The predicted octanol–water partition coefficient (Wildman–Crippen LogP) is 6.44. The molecule has 0 radical (unpaired) electrons. The summed E-state index contributed by atoms with van der Waals surface area (Å²) in [5, 5.41) is 4.03. The van der Waals surface area contributed by atoms with Crippen molar-refractivity contribution in [3.05, 3.63) is 95.1 Å². The average molecular weight is 442 g/mol. The monoisotopic (exact) mass is 441 g/mol. The summed E-state index contributed by atoms with van der Waals surface area (Å²) in [7, 11) is 1.76. The molecule has 1 aliphatic heterocycles. The van der Waals surface area contributed by atoms with Crippen LogP contribution in [0.2, 0.25) is 0 Å². The van der Waals surface area contributed by atoms with Crippen LogP contribution in [0.25, 0.3) is 0 Å². The molecule has 1 N–H and O–H groups in total. The van der Waals surface area contributed by atoms with Crippen molar-refractivity contribution in [3.8, 4) is 11.5 Å². The smallest absolute Gasteiger partial charge is 0.119 e. The molecule has 1 unspecified atom stereocenters. The maximum absolute atomic E-state index is 6.03. The van der Waals surface area contributed by atoms with Crippen molar-refractivity contribution in [1.82, 2.24) is 5.32 Å². The highest BCUT2D eigenvalue weighted by atomic mass is 16.5. The molecule has 3 aromatic carbocycles. The molecule has 172 valence electrons. The summed E-state index contributed by atoms with van der Waals surface area (Å²) in [6.45, 7) is 1.62. The summed E-state index contributed by atoms with van der Waals surface area (Å²) >= 11 is 0. The zero-order valence-electron chi connectivity index (χ0n) is 19.7. The van der Waals surface area contributed by atoms with Gasteiger partial charge in [0.05, 0.1) is 12.6 Å². The molecule has 0 amide bonds. The predicted molar refractivity (Wildman–Crippen MR) is 134 cm³/mol. The summed E-state index contributed by atoms with van der Waals surface area (Å²) < 4.78 is 11.6. The molecule has 0 aromatic heterocycles. The first-order valence-corrected chi connectivity index (χ1v) is 12.4. The molecule has 0 saturated heterocycles. The Labute approximate surface area is 198 Å². The van der Waals surface area contributed by atoms with Crippen LogP contribution in [0.15, 0.2) is 72.8 Å². The Bertz CT molecular complexity index is 1040. The topological polar surface area (TPSA) is 30.5 Å². The summed E-state index contributed by atoms with van der Waals surface area (Å²) in [5.41, 5.74) is 5.47. The van der Waals surface area contributed by atoms with Crippen molar-refractivity contribution in [2.75, 3.05) is 13.7 Å². The van der Waals surface area contributed by atoms with Crippen LogP contribution in [0.1, 0.15) is 54.4 Å². The molecule has 1 aliphatic carbocycles. The molecule has 3 heteroatoms. The molecule has 0 bridgehead atoms. The van der Waals surface area contributed by atoms with E-state index in [1.807, 2.05) is 6.07 Å². The third-order valence-electron chi connectivity index (χ3n) is 7.58. The number of rotatable bonds is 7. The van der Waals surface area contributed by atoms with Crippen LogP contribution in [-0.2, 0) is 25.0 Å². The molecule has 3 aromatic rings. The van der Waals surface area contributed by atoms with Crippen molar-refractivity contribution in [2.24, 2.45) is 5.92 Å². The fourth-order valence-electron chi connectivity index (χ4n) is 5.88. The Morgan fingerprint density at radius 2 is 1.61 bits per heavy atom. The standard InChI is InChI=1S/C30H35NO2/c1-32-28-16-17-29-25(20-28)18-19-31-30(29,26-10-6-3-7-11-26)21-23-12-14-27(15-13-23)33-22-24-8-4-2-5-9-24/h2,4-5,8-9,12-17,20,26,31H,3,6-7,10-11,18-19,21-22H2,1H3. The van der Waals surface area contributed by atoms with Crippen LogP contribution in [0.4, 0.5) is 0 Å². The largest absolute Gasteiger partial charge is 0.497 e. The van der Waals surface area contributed by atoms with Crippen molar-refractivity contribution in [2.45, 2.75) is 57.1 Å². The maximum Gasteiger partial charge on any atom is 0.119 e. The van der Waals surface area contributed by atoms with Gasteiger partial charge >= 0.3 is 0 Å². The zero-order valence-corrected chi connectivity index (χ0v) is 19.7. The fraction of sp³-hybridized carbons (Fsp3) is 0.400. The van der Waals surface area contributed by atoms with Gasteiger partial charge in [-0.2, -0.15) is 0 Å². The number of fused-ring (bicyclic) bond motifs is 1. The SMILES string of the molecule is COc1ccc2c(c1)CCNC2(Cc1ccc(OCc2ccccc2)cc1)C1CCCCC1. The second kappa shape index (κ2) is 10.0. The minimum atomic E-state index is -0.00725. The number of benzene rings is 3. The lowest BCUT2D eigenvalue weighted by atomic mass is 9.65. The Kier molecular flexibility index (Phi) is 6.68. The van der Waals surface area contributed by atoms with Gasteiger partial charge in [0.25, 0.3) is 0 Å². The van der Waals surface area contributed by atoms with E-state index in [9.17, 15) is 0 Å². The van der Waals surface area contributed by atoms with Gasteiger partial charge < -0.3 is 14.8 Å². The maximum atomic E-state index is 6.03. The van der Waals surface area contributed by atoms with E-state index in [4.69, 9.17) is 9.47 Å². The third-order valence-corrected chi connectivity index (χ3v) is 7.58. The van der Waals surface area contributed by atoms with Crippen molar-refractivity contribution in [1.29, 1.82) is 0 Å². The van der Waals surface area contributed by atoms with Crippen LogP contribution in [0, 0.1) is 5.92 Å². The van der Waals surface area contributed by atoms with E-state index < -0.39 is 0 Å². The van der Waals surface area contributed by atoms with Gasteiger partial charge in [-0.3, -0.25) is 0 Å². The van der Waals surface area contributed by atoms with Crippen LogP contribution >= 0.6 is 0 Å². The number of methoxy groups -OCH3 is 1. The molecule has 1 atom stereocenters. The number of hydrogen-bond donors (Lipinski definition) is 1. The van der Waals surface area contributed by atoms with E-state index in [2.05, 4.69) is 72.0 Å². The van der Waals surface area contributed by atoms with Crippen LogP contribution in [0.5, 0.6) is 11.5 Å². The Hall–Kier alpha value is -2.78. The van der Waals surface area contributed by atoms with Gasteiger partial charge in [-0.1, -0.05) is 67.8 Å². The number of nitrogens with one attached hydrogen (secondary N) is 1. The first kappa shape index (κ1) is 22.0. The molecule has 33 heavy (non-hydrogen) atoms. The van der Waals surface area contributed by atoms with E-state index in [1.165, 1.54) is 54.4 Å². The highest BCUT2D eigenvalue weighted by Crippen LogP contribution is 2.45. The van der Waals surface area contributed by atoms with Crippen LogP contribution < -0.4 is 14.8 Å². The van der Waals surface area contributed by atoms with E-state index >= 15 is 0 Å². The quantitative estimate of drug-likeness (QED) is 0.458. The summed E-state index contributed by atoms with van der Waals surface area (Å²) in [5.74, 6) is 2.55. The normalized spacial score (nSPS) is 20.8. The molecule has 1 saturated carbocycles. The number of ether oxygens (including phenoxy) is 2. The van der Waals surface area contributed by atoms with E-state index in [0.717, 1.165) is 30.9 Å². The van der Waals surface area contributed by atoms with Gasteiger partial charge in [-0.25, -0.2) is 0 Å². The minimum Gasteiger partial charge on any atom is -0.497 e. The lowest BCUT2D eigenvalue weighted by Gasteiger charge is -2.48. The fourth-order valence-corrected chi connectivity index (χ4v) is 5.88. The molecule has 0 spiro atoms. The van der Waals surface area contributed by atoms with E-state index in [-0.39, 0.29) is 5.54 Å². The van der Waals surface area contributed by atoms with Crippen LogP contribution in [0.3, 0.4) is 0 Å². The molecule has 3 nitrogen and oxygen atoms in total. The lowest BCUT2D eigenvalue weighted by molar-refractivity contribution is 0.149. The summed E-state index contributed by atoms with van der Waals surface area (Å²) in [4.78, 5) is 0. The lowest BCUT2D eigenvalue weighted by Crippen LogP contribution is -2.54. The third kappa shape index (κ3) is 4.79. The highest BCUT2D eigenvalue weighted by molar-refractivity contribution is 5.44. The van der Waals surface area contributed by atoms with E-state index in [1.54, 1.807) is 7.11 Å². The molecule has 1 fully saturated rings. The van der Waals surface area contributed by atoms with Gasteiger partial charge in [-0.05, 0) is 78.1 Å². The van der Waals surface area contributed by atoms with Crippen molar-refractivity contribution in [3.63, 3.8) is 0 Å². The Morgan fingerprint density at radius 1 is 0.848 bits per heavy atom. The molecule has 2 aliphatic rings. The van der Waals surface area contributed by atoms with E-state index in [0.29, 0.717) is 12.5 Å². The van der Waals surface area contributed by atoms with Gasteiger partial charge in [0.2, 0.25) is 0 Å². The molecule has 1 heterocycles. The average Bonchev–Trinajstić information content (AvgIpc) is 2.89. The van der Waals surface area contributed by atoms with Gasteiger partial charge in [0, 0.05) is 6.54 Å². The van der Waals surface area contributed by atoms with Gasteiger partial charge in [-0.15, -0.1) is 0 Å². The highest BCUT2D eigenvalue weighted by Gasteiger charge is 2.43. The molecular weight excluding hydrogens is 406 g/mol. The van der Waals surface area contributed by atoms with Crippen LogP contribution in [-0.4, -0.2) is 13.7 Å².